The van der Waals surface area contributed by atoms with Crippen molar-refractivity contribution in [1.82, 2.24) is 47.2 Å². The van der Waals surface area contributed by atoms with Crippen LogP contribution in [0.1, 0.15) is 67.5 Å². The molecule has 0 atom stereocenters. The highest BCUT2D eigenvalue weighted by atomic mass is 15.2. The molecule has 0 radical (unpaired) electrons. The Morgan fingerprint density at radius 3 is 1.00 bits per heavy atom. The van der Waals surface area contributed by atoms with Crippen molar-refractivity contribution in [2.45, 2.75) is 97.3 Å². The number of likely N-dealkylation sites (N-methyl/N-ethyl adjacent to an activating group) is 2. The summed E-state index contributed by atoms with van der Waals surface area (Å²) in [5.41, 5.74) is 19.0. The van der Waals surface area contributed by atoms with E-state index < -0.39 is 0 Å². The average Bonchev–Trinajstić information content (AvgIpc) is 1.61. The number of benzene rings is 6. The Morgan fingerprint density at radius 1 is 0.323 bits per heavy atom. The number of para-hydroxylation sites is 6. The maximum atomic E-state index is 4.38. The number of fused-ring (bicyclic) bond motifs is 18. The summed E-state index contributed by atoms with van der Waals surface area (Å²) in [5.74, 6) is 0. The molecule has 6 aromatic carbocycles. The molecule has 93 heavy (non-hydrogen) atoms. The van der Waals surface area contributed by atoms with Crippen LogP contribution in [0.5, 0.6) is 0 Å². The third-order valence-corrected chi connectivity index (χ3v) is 20.4. The van der Waals surface area contributed by atoms with E-state index in [1.165, 1.54) is 182 Å². The van der Waals surface area contributed by atoms with Crippen molar-refractivity contribution in [2.75, 3.05) is 27.2 Å². The number of unbranched alkanes of at least 4 members (excludes halogenated alkanes) is 6. The van der Waals surface area contributed by atoms with Gasteiger partial charge in [-0.25, -0.2) is 9.13 Å². The third-order valence-electron chi connectivity index (χ3n) is 20.4. The minimum atomic E-state index is 0.714. The number of hydrogen-bond acceptors (Lipinski definition) is 4. The lowest BCUT2D eigenvalue weighted by Crippen LogP contribution is -2.27. The number of hydrogen-bond donors (Lipinski definition) is 0. The fourth-order valence-electron chi connectivity index (χ4n) is 15.9. The number of aryl methyl sites for hydroxylation is 4. The van der Waals surface area contributed by atoms with Crippen molar-refractivity contribution in [3.63, 3.8) is 0 Å². The van der Waals surface area contributed by atoms with Gasteiger partial charge in [-0.2, -0.15) is 0 Å². The summed E-state index contributed by atoms with van der Waals surface area (Å²) in [7, 11) is 8.69. The Hall–Kier alpha value is -9.88. The molecule has 2 aliphatic heterocycles. The van der Waals surface area contributed by atoms with E-state index in [1.54, 1.807) is 22.5 Å². The van der Waals surface area contributed by atoms with Crippen LogP contribution in [0.15, 0.2) is 219 Å². The number of pyridine rings is 4. The third kappa shape index (κ3) is 10.7. The molecule has 0 bridgehead atoms. The summed E-state index contributed by atoms with van der Waals surface area (Å²) < 4.78 is 19.1. The highest BCUT2D eigenvalue weighted by Crippen LogP contribution is 2.37. The number of nitrogens with zero attached hydrogens (tertiary/aromatic N) is 12. The molecule has 0 saturated heterocycles. The number of aromatic nitrogens is 10. The zero-order chi connectivity index (χ0) is 62.5. The first kappa shape index (κ1) is 58.2. The Morgan fingerprint density at radius 2 is 0.624 bits per heavy atom. The van der Waals surface area contributed by atoms with Crippen molar-refractivity contribution < 1.29 is 9.13 Å². The van der Waals surface area contributed by atoms with E-state index in [4.69, 9.17) is 0 Å². The van der Waals surface area contributed by atoms with Crippen molar-refractivity contribution in [2.24, 2.45) is 14.1 Å². The van der Waals surface area contributed by atoms with Crippen LogP contribution in [0.2, 0.25) is 0 Å². The molecule has 0 N–H and O–H groups in total. The Bertz CT molecular complexity index is 4990. The van der Waals surface area contributed by atoms with Crippen molar-refractivity contribution >= 4 is 109 Å². The second-order valence-electron chi connectivity index (χ2n) is 26.3. The van der Waals surface area contributed by atoms with Crippen LogP contribution in [0.25, 0.3) is 109 Å². The van der Waals surface area contributed by atoms with E-state index in [9.17, 15) is 0 Å². The topological polar surface area (TPSA) is 69.6 Å². The molecule has 464 valence electrons. The summed E-state index contributed by atoms with van der Waals surface area (Å²) in [5, 5.41) is 13.2. The van der Waals surface area contributed by atoms with Gasteiger partial charge in [0.25, 0.3) is 0 Å². The highest BCUT2D eigenvalue weighted by molar-refractivity contribution is 6.11. The largest absolute Gasteiger partial charge is 0.343 e. The van der Waals surface area contributed by atoms with Crippen LogP contribution >= 0.6 is 0 Å². The average molecular weight is 1220 g/mol. The predicted molar refractivity (Wildman–Crippen MR) is 383 cm³/mol. The summed E-state index contributed by atoms with van der Waals surface area (Å²) in [4.78, 5) is 13.7. The lowest BCUT2D eigenvalue weighted by molar-refractivity contribution is -0.670. The van der Waals surface area contributed by atoms with E-state index in [0.717, 1.165) is 30.8 Å². The minimum absolute atomic E-state index is 0.714. The molecule has 0 amide bonds. The summed E-state index contributed by atoms with van der Waals surface area (Å²) in [6.45, 7) is 8.38. The van der Waals surface area contributed by atoms with Crippen molar-refractivity contribution in [3.05, 3.63) is 242 Å². The Labute approximate surface area is 543 Å². The van der Waals surface area contributed by atoms with E-state index in [0.29, 0.717) is 6.67 Å². The highest BCUT2D eigenvalue weighted by Gasteiger charge is 2.25. The fourth-order valence-corrected chi connectivity index (χ4v) is 15.9. The first-order chi connectivity index (χ1) is 45.8. The van der Waals surface area contributed by atoms with Gasteiger partial charge in [-0.15, -0.1) is 0 Å². The first-order valence-electron chi connectivity index (χ1n) is 33.7. The van der Waals surface area contributed by atoms with Crippen LogP contribution in [0, 0.1) is 0 Å². The number of rotatable bonds is 14. The Kier molecular flexibility index (Phi) is 15.6. The molecule has 0 spiro atoms. The molecular formula is C81H82N12+2. The quantitative estimate of drug-likeness (QED) is 0.0804. The van der Waals surface area contributed by atoms with Crippen LogP contribution in [0.3, 0.4) is 0 Å². The molecule has 16 aromatic rings. The van der Waals surface area contributed by atoms with E-state index in [2.05, 4.69) is 279 Å². The molecular weight excluding hydrogens is 1140 g/mol. The monoisotopic (exact) mass is 1220 g/mol. The zero-order valence-electron chi connectivity index (χ0n) is 54.2. The second-order valence-corrected chi connectivity index (χ2v) is 26.3. The molecule has 2 aliphatic rings. The van der Waals surface area contributed by atoms with Crippen molar-refractivity contribution in [3.8, 4) is 0 Å². The SMILES string of the molecule is CN1CCc2c(n(CCCCCCCCCn3c4c(c5ccccc53)CCN(C)C4)c3ccccc23)C1.C[n+]1ccc2c3ccccc3n(Cn3c4ccccc4c4cc[n+](C)cc43)c2c1.c1ccc2c(c1)c1ccncc1n2Cn1c2ccccc2c2ccncc21. The van der Waals surface area contributed by atoms with Gasteiger partial charge in [0.15, 0.2) is 24.8 Å². The van der Waals surface area contributed by atoms with Crippen LogP contribution in [-0.4, -0.2) is 74.4 Å². The normalized spacial score (nSPS) is 13.7. The van der Waals surface area contributed by atoms with Crippen LogP contribution < -0.4 is 9.13 Å². The van der Waals surface area contributed by atoms with Gasteiger partial charge in [-0.3, -0.25) is 9.97 Å². The van der Waals surface area contributed by atoms with E-state index >= 15 is 0 Å². The molecule has 18 rings (SSSR count). The fraction of sp³-hybridized carbons (Fsp3) is 0.259. The van der Waals surface area contributed by atoms with Gasteiger partial charge in [0, 0.05) is 140 Å². The molecule has 10 aromatic heterocycles. The Balaban J connectivity index is 0.000000112. The molecule has 0 fully saturated rings. The predicted octanol–water partition coefficient (Wildman–Crippen LogP) is 16.3. The van der Waals surface area contributed by atoms with Gasteiger partial charge in [0.2, 0.25) is 0 Å². The van der Waals surface area contributed by atoms with E-state index in [1.807, 2.05) is 24.8 Å². The summed E-state index contributed by atoms with van der Waals surface area (Å²) >= 11 is 0. The standard InChI is InChI=1S/C33H44N4.C25H22N4.C23H16N4/c1-34-22-18-28-26-14-8-10-16-30(26)36(32(28)24-34)20-12-6-4-3-5-7-13-21-37-31-17-11-9-15-27(31)29-19-23-35(2)25-33(29)37;1-26-13-11-20-18-7-3-5-9-22(18)28(24(20)15-26)17-29-23-10-6-4-8-19(23)21-12-14-27(2)16-25(21)29;1-3-7-20-16(5-1)18-9-11-24-13-22(18)26(20)15-27-21-8-4-2-6-17(21)19-10-12-25-14-23(19)27/h8-11,14-17H,3-7,12-13,18-25H2,1-2H3;3-16H,17H2,1-2H3;1-14H,15H2/q;+2;. The van der Waals surface area contributed by atoms with Gasteiger partial charge >= 0.3 is 0 Å². The van der Waals surface area contributed by atoms with Crippen LogP contribution in [0.4, 0.5) is 0 Å². The molecule has 0 aliphatic carbocycles. The molecule has 12 nitrogen and oxygen atoms in total. The van der Waals surface area contributed by atoms with Gasteiger partial charge in [0.1, 0.15) is 38.5 Å². The molecule has 0 unspecified atom stereocenters. The van der Waals surface area contributed by atoms with E-state index in [-0.39, 0.29) is 0 Å². The second kappa shape index (κ2) is 25.0. The van der Waals surface area contributed by atoms with Gasteiger partial charge in [0.05, 0.1) is 45.5 Å². The smallest absolute Gasteiger partial charge is 0.193 e. The van der Waals surface area contributed by atoms with Crippen LogP contribution in [-0.2, 0) is 66.5 Å². The summed E-state index contributed by atoms with van der Waals surface area (Å²) in [6.07, 6.45) is 28.1. The molecule has 12 heteroatoms. The molecule has 12 heterocycles. The maximum absolute atomic E-state index is 4.38. The molecule has 0 saturated carbocycles. The minimum Gasteiger partial charge on any atom is -0.343 e. The van der Waals surface area contributed by atoms with Gasteiger partial charge < -0.3 is 37.2 Å². The van der Waals surface area contributed by atoms with Crippen molar-refractivity contribution in [1.29, 1.82) is 0 Å². The van der Waals surface area contributed by atoms with Gasteiger partial charge in [-0.1, -0.05) is 141 Å². The summed E-state index contributed by atoms with van der Waals surface area (Å²) in [6, 6.07) is 61.3. The first-order valence-corrected chi connectivity index (χ1v) is 33.7. The van der Waals surface area contributed by atoms with Gasteiger partial charge in [-0.05, 0) is 99.4 Å². The lowest BCUT2D eigenvalue weighted by atomic mass is 10.0. The maximum Gasteiger partial charge on any atom is 0.193 e. The lowest BCUT2D eigenvalue weighted by Gasteiger charge is -2.24. The zero-order valence-corrected chi connectivity index (χ0v) is 54.2.